The van der Waals surface area contributed by atoms with Gasteiger partial charge in [0.25, 0.3) is 0 Å². The van der Waals surface area contributed by atoms with Crippen molar-refractivity contribution in [2.45, 2.75) is 34.6 Å². The van der Waals surface area contributed by atoms with Crippen LogP contribution in [0.1, 0.15) is 34.6 Å². The third-order valence-electron chi connectivity index (χ3n) is 2.02. The molecule has 0 spiro atoms. The quantitative estimate of drug-likeness (QED) is 0.496. The second kappa shape index (κ2) is 5.47. The van der Waals surface area contributed by atoms with Crippen LogP contribution in [0, 0.1) is 11.8 Å². The van der Waals surface area contributed by atoms with Crippen LogP contribution in [0.5, 0.6) is 0 Å². The van der Waals surface area contributed by atoms with Crippen molar-refractivity contribution in [1.29, 1.82) is 0 Å². The molecule has 0 aromatic rings. The predicted octanol–water partition coefficient (Wildman–Crippen LogP) is 4.06. The first-order valence-electron chi connectivity index (χ1n) is 4.52. The van der Waals surface area contributed by atoms with Gasteiger partial charge in [-0.05, 0) is 23.7 Å². The Hall–Kier alpha value is -0.170. The summed E-state index contributed by atoms with van der Waals surface area (Å²) in [5.74, 6) is 1.17. The maximum Gasteiger partial charge on any atom is -0.0159 e. The van der Waals surface area contributed by atoms with Crippen molar-refractivity contribution in [3.05, 3.63) is 22.6 Å². The molecule has 0 heterocycles. The van der Waals surface area contributed by atoms with Crippen LogP contribution in [0.15, 0.2) is 22.6 Å². The van der Waals surface area contributed by atoms with Crippen molar-refractivity contribution in [3.8, 4) is 0 Å². The molecular weight excluding hydrogens is 164 g/mol. The van der Waals surface area contributed by atoms with Gasteiger partial charge in [0.05, 0.1) is 0 Å². The molecular formula is C11H20S. The molecule has 0 aliphatic rings. The van der Waals surface area contributed by atoms with E-state index in [4.69, 9.17) is 0 Å². The highest BCUT2D eigenvalue weighted by molar-refractivity contribution is 7.84. The summed E-state index contributed by atoms with van der Waals surface area (Å²) in [5.41, 5.74) is 1.40. The van der Waals surface area contributed by atoms with Crippen molar-refractivity contribution >= 4 is 12.6 Å². The van der Waals surface area contributed by atoms with Gasteiger partial charge in [-0.3, -0.25) is 0 Å². The van der Waals surface area contributed by atoms with E-state index in [1.807, 2.05) is 0 Å². The summed E-state index contributed by atoms with van der Waals surface area (Å²) in [6, 6.07) is 0. The van der Waals surface area contributed by atoms with Crippen LogP contribution in [0.2, 0.25) is 0 Å². The van der Waals surface area contributed by atoms with Crippen LogP contribution in [-0.2, 0) is 0 Å². The molecule has 0 aromatic carbocycles. The van der Waals surface area contributed by atoms with Crippen molar-refractivity contribution in [2.24, 2.45) is 11.8 Å². The van der Waals surface area contributed by atoms with Crippen LogP contribution < -0.4 is 0 Å². The first-order chi connectivity index (χ1) is 5.45. The zero-order chi connectivity index (χ0) is 9.72. The van der Waals surface area contributed by atoms with E-state index >= 15 is 0 Å². The normalized spacial score (nSPS) is 14.7. The molecule has 12 heavy (non-hydrogen) atoms. The molecule has 0 saturated heterocycles. The van der Waals surface area contributed by atoms with Crippen LogP contribution in [-0.4, -0.2) is 0 Å². The second-order valence-electron chi connectivity index (χ2n) is 3.81. The lowest BCUT2D eigenvalue weighted by Crippen LogP contribution is -1.88. The molecule has 0 aromatic heterocycles. The van der Waals surface area contributed by atoms with E-state index in [9.17, 15) is 0 Å². The summed E-state index contributed by atoms with van der Waals surface area (Å²) < 4.78 is 0. The molecule has 0 aliphatic heterocycles. The van der Waals surface area contributed by atoms with Gasteiger partial charge in [-0.25, -0.2) is 0 Å². The van der Waals surface area contributed by atoms with E-state index in [0.717, 1.165) is 4.91 Å². The highest BCUT2D eigenvalue weighted by atomic mass is 32.1. The standard InChI is InChI=1S/C11H20S/c1-8(2)10(5)6-7-11(12)9(3)4/h6-9,12H,1-5H3/b10-6+,11-7-. The minimum Gasteiger partial charge on any atom is -0.148 e. The van der Waals surface area contributed by atoms with E-state index < -0.39 is 0 Å². The summed E-state index contributed by atoms with van der Waals surface area (Å²) in [4.78, 5) is 1.15. The van der Waals surface area contributed by atoms with E-state index in [1.165, 1.54) is 5.57 Å². The van der Waals surface area contributed by atoms with Gasteiger partial charge in [-0.15, -0.1) is 12.6 Å². The molecule has 0 unspecified atom stereocenters. The number of allylic oxidation sites excluding steroid dienone is 4. The number of hydrogen-bond acceptors (Lipinski definition) is 1. The lowest BCUT2D eigenvalue weighted by molar-refractivity contribution is 0.768. The molecule has 0 bridgehead atoms. The minimum absolute atomic E-state index is 0.532. The first kappa shape index (κ1) is 11.8. The predicted molar refractivity (Wildman–Crippen MR) is 60.5 cm³/mol. The molecule has 70 valence electrons. The smallest absolute Gasteiger partial charge is 0.0159 e. The first-order valence-corrected chi connectivity index (χ1v) is 4.97. The lowest BCUT2D eigenvalue weighted by atomic mass is 10.0. The summed E-state index contributed by atoms with van der Waals surface area (Å²) in [7, 11) is 0. The molecule has 0 amide bonds. The molecule has 0 nitrogen and oxygen atoms in total. The van der Waals surface area contributed by atoms with Crippen molar-refractivity contribution in [2.75, 3.05) is 0 Å². The van der Waals surface area contributed by atoms with Gasteiger partial charge in [0, 0.05) is 0 Å². The highest BCUT2D eigenvalue weighted by Crippen LogP contribution is 2.15. The molecule has 0 radical (unpaired) electrons. The molecule has 0 N–H and O–H groups in total. The Labute approximate surface area is 82.2 Å². The SMILES string of the molecule is C/C(=C\C=C(/S)C(C)C)C(C)C. The molecule has 0 fully saturated rings. The average molecular weight is 184 g/mol. The highest BCUT2D eigenvalue weighted by Gasteiger charge is 1.96. The Morgan fingerprint density at radius 3 is 1.83 bits per heavy atom. The molecule has 0 saturated carbocycles. The second-order valence-corrected chi connectivity index (χ2v) is 4.33. The minimum atomic E-state index is 0.532. The van der Waals surface area contributed by atoms with Crippen molar-refractivity contribution < 1.29 is 0 Å². The third kappa shape index (κ3) is 4.66. The average Bonchev–Trinajstić information content (AvgIpc) is 1.98. The number of thiol groups is 1. The molecule has 0 rings (SSSR count). The third-order valence-corrected chi connectivity index (χ3v) is 2.68. The van der Waals surface area contributed by atoms with E-state index in [2.05, 4.69) is 59.4 Å². The van der Waals surface area contributed by atoms with E-state index in [0.29, 0.717) is 11.8 Å². The Morgan fingerprint density at radius 2 is 1.50 bits per heavy atom. The van der Waals surface area contributed by atoms with Gasteiger partial charge < -0.3 is 0 Å². The summed E-state index contributed by atoms with van der Waals surface area (Å²) >= 11 is 4.38. The fourth-order valence-electron chi connectivity index (χ4n) is 0.602. The molecule has 0 aliphatic carbocycles. The van der Waals surface area contributed by atoms with Crippen molar-refractivity contribution in [1.82, 2.24) is 0 Å². The van der Waals surface area contributed by atoms with Crippen LogP contribution in [0.4, 0.5) is 0 Å². The number of rotatable bonds is 3. The monoisotopic (exact) mass is 184 g/mol. The van der Waals surface area contributed by atoms with Crippen LogP contribution in [0.25, 0.3) is 0 Å². The van der Waals surface area contributed by atoms with Gasteiger partial charge in [-0.2, -0.15) is 0 Å². The maximum absolute atomic E-state index is 4.38. The molecule has 1 heteroatoms. The van der Waals surface area contributed by atoms with Gasteiger partial charge in [0.1, 0.15) is 0 Å². The molecule has 0 atom stereocenters. The van der Waals surface area contributed by atoms with E-state index in [-0.39, 0.29) is 0 Å². The summed E-state index contributed by atoms with van der Waals surface area (Å²) in [6.45, 7) is 10.9. The van der Waals surface area contributed by atoms with Crippen molar-refractivity contribution in [3.63, 3.8) is 0 Å². The van der Waals surface area contributed by atoms with Gasteiger partial charge in [-0.1, -0.05) is 45.4 Å². The summed E-state index contributed by atoms with van der Waals surface area (Å²) in [5, 5.41) is 0. The Morgan fingerprint density at radius 1 is 1.00 bits per heavy atom. The maximum atomic E-state index is 4.38. The fourth-order valence-corrected chi connectivity index (χ4v) is 0.676. The Balaban J connectivity index is 4.27. The Kier molecular flexibility index (Phi) is 5.39. The zero-order valence-electron chi connectivity index (χ0n) is 8.76. The Bertz CT molecular complexity index is 163. The van der Waals surface area contributed by atoms with E-state index in [1.54, 1.807) is 0 Å². The van der Waals surface area contributed by atoms with Gasteiger partial charge >= 0.3 is 0 Å². The topological polar surface area (TPSA) is 0 Å². The van der Waals surface area contributed by atoms with Gasteiger partial charge in [0.2, 0.25) is 0 Å². The van der Waals surface area contributed by atoms with Gasteiger partial charge in [0.15, 0.2) is 0 Å². The summed E-state index contributed by atoms with van der Waals surface area (Å²) in [6.07, 6.45) is 4.26. The zero-order valence-corrected chi connectivity index (χ0v) is 9.65. The number of hydrogen-bond donors (Lipinski definition) is 1. The fraction of sp³-hybridized carbons (Fsp3) is 0.636. The van der Waals surface area contributed by atoms with Crippen LogP contribution >= 0.6 is 12.6 Å². The van der Waals surface area contributed by atoms with Crippen LogP contribution in [0.3, 0.4) is 0 Å². The largest absolute Gasteiger partial charge is 0.148 e. The lowest BCUT2D eigenvalue weighted by Gasteiger charge is -2.04.